The maximum Gasteiger partial charge on any atom is 0.290 e. The van der Waals surface area contributed by atoms with Gasteiger partial charge < -0.3 is 24.8 Å². The van der Waals surface area contributed by atoms with E-state index in [9.17, 15) is 19.1 Å². The molecule has 1 aliphatic rings. The molecular formula is C25H29FN2O5. The number of carbonyl (C=O) groups excluding carboxylic acids is 2. The number of amides is 2. The standard InChI is InChI=1S/C25H29FN2O5/c1-3-32-15-7-14-28-22(19-8-5-6-9-20(19)33-4-2)21(23(29)25(28)31)24(30)27-16-17-10-12-18(26)13-11-17/h5-6,8-13,22,29H,3-4,7,14-16H2,1-2H3,(H,27,30). The molecule has 8 heteroatoms. The number of ether oxygens (including phenoxy) is 2. The van der Waals surface area contributed by atoms with Crippen molar-refractivity contribution < 1.29 is 28.6 Å². The molecule has 0 saturated heterocycles. The van der Waals surface area contributed by atoms with Crippen LogP contribution >= 0.6 is 0 Å². The molecule has 3 rings (SSSR count). The number of carbonyl (C=O) groups is 2. The minimum atomic E-state index is -0.810. The first kappa shape index (κ1) is 24.3. The molecule has 0 fully saturated rings. The van der Waals surface area contributed by atoms with E-state index in [-0.39, 0.29) is 17.9 Å². The molecule has 1 aliphatic heterocycles. The van der Waals surface area contributed by atoms with Crippen molar-refractivity contribution in [2.24, 2.45) is 0 Å². The molecule has 2 aromatic carbocycles. The summed E-state index contributed by atoms with van der Waals surface area (Å²) in [4.78, 5) is 27.6. The highest BCUT2D eigenvalue weighted by atomic mass is 19.1. The molecule has 0 bridgehead atoms. The fourth-order valence-electron chi connectivity index (χ4n) is 3.79. The van der Waals surface area contributed by atoms with Crippen molar-refractivity contribution in [2.75, 3.05) is 26.4 Å². The molecule has 0 aliphatic carbocycles. The Kier molecular flexibility index (Phi) is 8.43. The van der Waals surface area contributed by atoms with Crippen LogP contribution in [0.15, 0.2) is 59.9 Å². The molecule has 176 valence electrons. The first-order valence-corrected chi connectivity index (χ1v) is 11.0. The number of aliphatic hydroxyl groups excluding tert-OH is 1. The van der Waals surface area contributed by atoms with Crippen LogP contribution in [-0.2, 0) is 20.9 Å². The van der Waals surface area contributed by atoms with Crippen LogP contribution in [0.3, 0.4) is 0 Å². The predicted molar refractivity (Wildman–Crippen MR) is 121 cm³/mol. The predicted octanol–water partition coefficient (Wildman–Crippen LogP) is 3.66. The van der Waals surface area contributed by atoms with Crippen LogP contribution in [0.2, 0.25) is 0 Å². The molecule has 1 heterocycles. The second-order valence-electron chi connectivity index (χ2n) is 7.49. The van der Waals surface area contributed by atoms with Gasteiger partial charge in [0, 0.05) is 31.9 Å². The monoisotopic (exact) mass is 456 g/mol. The molecule has 2 N–H and O–H groups in total. The van der Waals surface area contributed by atoms with Crippen molar-refractivity contribution in [2.45, 2.75) is 32.9 Å². The van der Waals surface area contributed by atoms with E-state index >= 15 is 0 Å². The van der Waals surface area contributed by atoms with Crippen molar-refractivity contribution in [3.8, 4) is 5.75 Å². The molecule has 2 amide bonds. The number of nitrogens with one attached hydrogen (secondary N) is 1. The van der Waals surface area contributed by atoms with Crippen LogP contribution in [0, 0.1) is 5.82 Å². The van der Waals surface area contributed by atoms with Crippen LogP contribution in [0.5, 0.6) is 5.75 Å². The first-order valence-electron chi connectivity index (χ1n) is 11.0. The lowest BCUT2D eigenvalue weighted by atomic mass is 9.97. The van der Waals surface area contributed by atoms with Gasteiger partial charge in [-0.25, -0.2) is 4.39 Å². The highest BCUT2D eigenvalue weighted by molar-refractivity contribution is 6.08. The maximum absolute atomic E-state index is 13.2. The van der Waals surface area contributed by atoms with Gasteiger partial charge in [0.05, 0.1) is 18.2 Å². The number of nitrogens with zero attached hydrogens (tertiary/aromatic N) is 1. The number of benzene rings is 2. The van der Waals surface area contributed by atoms with Crippen LogP contribution in [0.4, 0.5) is 4.39 Å². The highest BCUT2D eigenvalue weighted by Crippen LogP contribution is 2.41. The van der Waals surface area contributed by atoms with E-state index in [1.165, 1.54) is 17.0 Å². The number of hydrogen-bond donors (Lipinski definition) is 2. The molecular weight excluding hydrogens is 427 g/mol. The first-order chi connectivity index (χ1) is 16.0. The average molecular weight is 457 g/mol. The summed E-state index contributed by atoms with van der Waals surface area (Å²) in [6.07, 6.45) is 0.546. The van der Waals surface area contributed by atoms with Gasteiger partial charge in [0.25, 0.3) is 11.8 Å². The Hall–Kier alpha value is -3.39. The Labute approximate surface area is 192 Å². The molecule has 0 aromatic heterocycles. The number of hydrogen-bond acceptors (Lipinski definition) is 5. The fraction of sp³-hybridized carbons (Fsp3) is 0.360. The average Bonchev–Trinajstić information content (AvgIpc) is 3.07. The summed E-state index contributed by atoms with van der Waals surface area (Å²) in [5, 5.41) is 13.4. The van der Waals surface area contributed by atoms with E-state index < -0.39 is 23.6 Å². The molecule has 0 radical (unpaired) electrons. The topological polar surface area (TPSA) is 88.1 Å². The van der Waals surface area contributed by atoms with Crippen molar-refractivity contribution in [1.29, 1.82) is 0 Å². The second kappa shape index (κ2) is 11.5. The number of aliphatic hydroxyl groups is 1. The summed E-state index contributed by atoms with van der Waals surface area (Å²) >= 11 is 0. The molecule has 33 heavy (non-hydrogen) atoms. The number of para-hydroxylation sites is 1. The van der Waals surface area contributed by atoms with E-state index in [0.29, 0.717) is 49.7 Å². The van der Waals surface area contributed by atoms with E-state index in [4.69, 9.17) is 9.47 Å². The third-order valence-electron chi connectivity index (χ3n) is 5.32. The molecule has 1 unspecified atom stereocenters. The van der Waals surface area contributed by atoms with Gasteiger partial charge in [-0.15, -0.1) is 0 Å². The van der Waals surface area contributed by atoms with Gasteiger partial charge in [-0.2, -0.15) is 0 Å². The molecule has 0 saturated carbocycles. The third kappa shape index (κ3) is 5.70. The summed E-state index contributed by atoms with van der Waals surface area (Å²) in [6, 6.07) is 12.1. The second-order valence-corrected chi connectivity index (χ2v) is 7.49. The summed E-state index contributed by atoms with van der Waals surface area (Å²) < 4.78 is 24.3. The molecule has 2 aromatic rings. The summed E-state index contributed by atoms with van der Waals surface area (Å²) in [5.41, 5.74) is 1.26. The zero-order valence-corrected chi connectivity index (χ0v) is 18.8. The Morgan fingerprint density at radius 1 is 1.12 bits per heavy atom. The van der Waals surface area contributed by atoms with Crippen molar-refractivity contribution in [3.05, 3.63) is 76.8 Å². The van der Waals surface area contributed by atoms with Crippen molar-refractivity contribution in [3.63, 3.8) is 0 Å². The van der Waals surface area contributed by atoms with Crippen LogP contribution in [0.1, 0.15) is 37.4 Å². The largest absolute Gasteiger partial charge is 0.503 e. The van der Waals surface area contributed by atoms with Gasteiger partial charge in [-0.1, -0.05) is 30.3 Å². The zero-order chi connectivity index (χ0) is 23.8. The highest BCUT2D eigenvalue weighted by Gasteiger charge is 2.44. The molecule has 7 nitrogen and oxygen atoms in total. The summed E-state index contributed by atoms with van der Waals surface area (Å²) in [5.74, 6) is -1.61. The Balaban J connectivity index is 1.90. The van der Waals surface area contributed by atoms with Crippen LogP contribution in [-0.4, -0.2) is 48.2 Å². The van der Waals surface area contributed by atoms with Gasteiger partial charge in [-0.05, 0) is 44.0 Å². The van der Waals surface area contributed by atoms with Gasteiger partial charge >= 0.3 is 0 Å². The van der Waals surface area contributed by atoms with Crippen molar-refractivity contribution in [1.82, 2.24) is 10.2 Å². The molecule has 1 atom stereocenters. The van der Waals surface area contributed by atoms with Gasteiger partial charge in [0.2, 0.25) is 0 Å². The lowest BCUT2D eigenvalue weighted by molar-refractivity contribution is -0.129. The molecule has 0 spiro atoms. The van der Waals surface area contributed by atoms with Crippen LogP contribution in [0.25, 0.3) is 0 Å². The number of halogens is 1. The maximum atomic E-state index is 13.2. The van der Waals surface area contributed by atoms with Gasteiger partial charge in [0.15, 0.2) is 5.76 Å². The van der Waals surface area contributed by atoms with Gasteiger partial charge in [-0.3, -0.25) is 9.59 Å². The van der Waals surface area contributed by atoms with Crippen molar-refractivity contribution >= 4 is 11.8 Å². The van der Waals surface area contributed by atoms with Crippen LogP contribution < -0.4 is 10.1 Å². The Morgan fingerprint density at radius 2 is 1.85 bits per heavy atom. The quantitative estimate of drug-likeness (QED) is 0.504. The van der Waals surface area contributed by atoms with E-state index in [1.54, 1.807) is 30.3 Å². The fourth-order valence-corrected chi connectivity index (χ4v) is 3.79. The smallest absolute Gasteiger partial charge is 0.290 e. The van der Waals surface area contributed by atoms with E-state index in [1.807, 2.05) is 19.9 Å². The normalized spacial score (nSPS) is 15.8. The third-order valence-corrected chi connectivity index (χ3v) is 5.32. The summed E-state index contributed by atoms with van der Waals surface area (Å²) in [7, 11) is 0. The lowest BCUT2D eigenvalue weighted by Gasteiger charge is -2.28. The SMILES string of the molecule is CCOCCCN1C(=O)C(O)=C(C(=O)NCc2ccc(F)cc2)C1c1ccccc1OCC. The Morgan fingerprint density at radius 3 is 2.55 bits per heavy atom. The number of rotatable bonds is 11. The summed E-state index contributed by atoms with van der Waals surface area (Å²) in [6.45, 7) is 5.57. The minimum Gasteiger partial charge on any atom is -0.503 e. The Bertz CT molecular complexity index is 1010. The zero-order valence-electron chi connectivity index (χ0n) is 18.8. The minimum absolute atomic E-state index is 0.0364. The van der Waals surface area contributed by atoms with E-state index in [0.717, 1.165) is 0 Å². The lowest BCUT2D eigenvalue weighted by Crippen LogP contribution is -2.34. The van der Waals surface area contributed by atoms with Gasteiger partial charge in [0.1, 0.15) is 11.6 Å². The van der Waals surface area contributed by atoms with E-state index in [2.05, 4.69) is 5.32 Å².